The van der Waals surface area contributed by atoms with Crippen molar-refractivity contribution >= 4 is 5.90 Å². The van der Waals surface area contributed by atoms with Gasteiger partial charge in [-0.2, -0.15) is 30.7 Å². The molecule has 0 aromatic carbocycles. The molecular weight excluding hydrogens is 235 g/mol. The second-order valence-corrected chi connectivity index (χ2v) is 2.68. The predicted molar refractivity (Wildman–Crippen MR) is 34.2 cm³/mol. The van der Waals surface area contributed by atoms with Crippen molar-refractivity contribution < 1.29 is 35.5 Å². The van der Waals surface area contributed by atoms with Crippen molar-refractivity contribution in [1.82, 2.24) is 0 Å². The Kier molecular flexibility index (Phi) is 2.60. The van der Waals surface area contributed by atoms with Crippen LogP contribution >= 0.6 is 0 Å². The maximum atomic E-state index is 12.7. The number of aliphatic imine (C=N–C) groups is 1. The summed E-state index contributed by atoms with van der Waals surface area (Å²) in [6, 6.07) is 0. The summed E-state index contributed by atoms with van der Waals surface area (Å²) in [7, 11) is 0. The van der Waals surface area contributed by atoms with Gasteiger partial charge >= 0.3 is 18.0 Å². The average Bonchev–Trinajstić information content (AvgIpc) is 2.53. The molecule has 1 aliphatic rings. The molecule has 1 rings (SSSR count). The van der Waals surface area contributed by atoms with E-state index in [1.165, 1.54) is 0 Å². The van der Waals surface area contributed by atoms with Gasteiger partial charge < -0.3 is 4.74 Å². The third kappa shape index (κ3) is 1.74. The summed E-state index contributed by atoms with van der Waals surface area (Å²) < 4.78 is 88.8. The van der Waals surface area contributed by atoms with Gasteiger partial charge in [0.15, 0.2) is 0 Å². The van der Waals surface area contributed by atoms with Crippen molar-refractivity contribution in [3.05, 3.63) is 0 Å². The molecule has 0 aromatic rings. The zero-order valence-corrected chi connectivity index (χ0v) is 6.92. The molecule has 1 aliphatic heterocycles. The highest BCUT2D eigenvalue weighted by Crippen LogP contribution is 2.47. The van der Waals surface area contributed by atoms with Gasteiger partial charge in [-0.15, -0.1) is 0 Å². The van der Waals surface area contributed by atoms with E-state index in [-0.39, 0.29) is 6.54 Å². The van der Waals surface area contributed by atoms with Crippen LogP contribution in [0.4, 0.5) is 30.7 Å². The van der Waals surface area contributed by atoms with Crippen LogP contribution in [0.15, 0.2) is 4.99 Å². The summed E-state index contributed by atoms with van der Waals surface area (Å²) in [5, 5.41) is 0. The van der Waals surface area contributed by atoms with Gasteiger partial charge in [0.05, 0.1) is 6.54 Å². The van der Waals surface area contributed by atoms with E-state index < -0.39 is 30.5 Å². The lowest BCUT2D eigenvalue weighted by molar-refractivity contribution is -0.338. The first-order chi connectivity index (χ1) is 6.61. The molecule has 0 aliphatic carbocycles. The Hall–Kier alpha value is -1.02. The fourth-order valence-corrected chi connectivity index (χ4v) is 0.837. The minimum absolute atomic E-state index is 0.362. The second kappa shape index (κ2) is 3.24. The third-order valence-electron chi connectivity index (χ3n) is 1.60. The molecule has 1 heterocycles. The standard InChI is InChI=1S/C6H4F7NO/c7-4(8,3-14-1-2-15-3)5(9,10)6(11,12)13/h1-2H2. The van der Waals surface area contributed by atoms with Gasteiger partial charge in [0.1, 0.15) is 6.61 Å². The van der Waals surface area contributed by atoms with Gasteiger partial charge in [0.25, 0.3) is 5.90 Å². The van der Waals surface area contributed by atoms with Crippen LogP contribution in [0.25, 0.3) is 0 Å². The highest BCUT2D eigenvalue weighted by Gasteiger charge is 2.76. The van der Waals surface area contributed by atoms with E-state index in [1.54, 1.807) is 0 Å². The van der Waals surface area contributed by atoms with Crippen LogP contribution in [-0.2, 0) is 4.74 Å². The lowest BCUT2D eigenvalue weighted by atomic mass is 10.1. The first kappa shape index (κ1) is 12.1. The Bertz CT molecular complexity index is 282. The van der Waals surface area contributed by atoms with Crippen LogP contribution in [-0.4, -0.2) is 37.1 Å². The summed E-state index contributed by atoms with van der Waals surface area (Å²) in [5.41, 5.74) is 0. The van der Waals surface area contributed by atoms with Crippen LogP contribution < -0.4 is 0 Å². The number of alkyl halides is 7. The van der Waals surface area contributed by atoms with E-state index in [9.17, 15) is 30.7 Å². The first-order valence-corrected chi connectivity index (χ1v) is 3.61. The average molecular weight is 239 g/mol. The van der Waals surface area contributed by atoms with Crippen LogP contribution in [0.5, 0.6) is 0 Å². The van der Waals surface area contributed by atoms with E-state index >= 15 is 0 Å². The van der Waals surface area contributed by atoms with E-state index in [0.29, 0.717) is 0 Å². The molecule has 0 unspecified atom stereocenters. The summed E-state index contributed by atoms with van der Waals surface area (Å²) in [6.07, 6.45) is -6.36. The lowest BCUT2D eigenvalue weighted by Gasteiger charge is -2.27. The number of halogens is 7. The fourth-order valence-electron chi connectivity index (χ4n) is 0.837. The molecule has 0 saturated heterocycles. The normalized spacial score (nSPS) is 18.7. The Balaban J connectivity index is 3.04. The van der Waals surface area contributed by atoms with Crippen molar-refractivity contribution in [2.24, 2.45) is 4.99 Å². The summed E-state index contributed by atoms with van der Waals surface area (Å²) in [5.74, 6) is -13.5. The third-order valence-corrected chi connectivity index (χ3v) is 1.60. The molecule has 0 atom stereocenters. The van der Waals surface area contributed by atoms with Gasteiger partial charge in [0, 0.05) is 0 Å². The Morgan fingerprint density at radius 3 is 1.87 bits per heavy atom. The molecule has 0 saturated carbocycles. The van der Waals surface area contributed by atoms with Crippen molar-refractivity contribution in [3.8, 4) is 0 Å². The SMILES string of the molecule is FC(F)(F)C(F)(F)C(F)(F)C1=NCCO1. The Labute approximate surface area is 78.7 Å². The monoisotopic (exact) mass is 239 g/mol. The molecule has 0 bridgehead atoms. The maximum Gasteiger partial charge on any atom is 0.460 e. The zero-order chi connectivity index (χ0) is 11.9. The van der Waals surface area contributed by atoms with Crippen molar-refractivity contribution in [2.75, 3.05) is 13.2 Å². The van der Waals surface area contributed by atoms with Crippen molar-refractivity contribution in [2.45, 2.75) is 18.0 Å². The highest BCUT2D eigenvalue weighted by atomic mass is 19.4. The molecule has 0 radical (unpaired) electrons. The number of nitrogens with zero attached hydrogens (tertiary/aromatic N) is 1. The van der Waals surface area contributed by atoms with Crippen LogP contribution in [0, 0.1) is 0 Å². The van der Waals surface area contributed by atoms with Crippen molar-refractivity contribution in [3.63, 3.8) is 0 Å². The molecule has 15 heavy (non-hydrogen) atoms. The minimum Gasteiger partial charge on any atom is -0.475 e. The van der Waals surface area contributed by atoms with E-state index in [2.05, 4.69) is 9.73 Å². The second-order valence-electron chi connectivity index (χ2n) is 2.68. The van der Waals surface area contributed by atoms with E-state index in [1.807, 2.05) is 0 Å². The largest absolute Gasteiger partial charge is 0.475 e. The molecule has 0 aromatic heterocycles. The predicted octanol–water partition coefficient (Wildman–Crippen LogP) is 2.25. The number of hydrogen-bond donors (Lipinski definition) is 0. The Morgan fingerprint density at radius 1 is 1.00 bits per heavy atom. The number of rotatable bonds is 2. The number of ether oxygens (including phenoxy) is 1. The molecule has 88 valence electrons. The quantitative estimate of drug-likeness (QED) is 0.677. The van der Waals surface area contributed by atoms with Gasteiger partial charge in [-0.1, -0.05) is 0 Å². The molecule has 0 N–H and O–H groups in total. The van der Waals surface area contributed by atoms with Crippen LogP contribution in [0.3, 0.4) is 0 Å². The molecule has 0 spiro atoms. The van der Waals surface area contributed by atoms with Crippen LogP contribution in [0.1, 0.15) is 0 Å². The molecular formula is C6H4F7NO. The maximum absolute atomic E-state index is 12.7. The van der Waals surface area contributed by atoms with Crippen LogP contribution in [0.2, 0.25) is 0 Å². The van der Waals surface area contributed by atoms with Gasteiger partial charge in [0.2, 0.25) is 0 Å². The summed E-state index contributed by atoms with van der Waals surface area (Å²) >= 11 is 0. The molecule has 9 heteroatoms. The molecule has 0 amide bonds. The molecule has 0 fully saturated rings. The highest BCUT2D eigenvalue weighted by molar-refractivity contribution is 5.85. The minimum atomic E-state index is -6.36. The number of hydrogen-bond acceptors (Lipinski definition) is 2. The van der Waals surface area contributed by atoms with Gasteiger partial charge in [-0.3, -0.25) is 0 Å². The van der Waals surface area contributed by atoms with Crippen molar-refractivity contribution in [1.29, 1.82) is 0 Å². The summed E-state index contributed by atoms with van der Waals surface area (Å²) in [6.45, 7) is -0.794. The lowest BCUT2D eigenvalue weighted by Crippen LogP contribution is -2.56. The Morgan fingerprint density at radius 2 is 1.53 bits per heavy atom. The smallest absolute Gasteiger partial charge is 0.460 e. The topological polar surface area (TPSA) is 21.6 Å². The molecule has 2 nitrogen and oxygen atoms in total. The van der Waals surface area contributed by atoms with E-state index in [0.717, 1.165) is 0 Å². The first-order valence-electron chi connectivity index (χ1n) is 3.61. The fraction of sp³-hybridized carbons (Fsp3) is 0.833. The summed E-state index contributed by atoms with van der Waals surface area (Å²) in [4.78, 5) is 2.75. The van der Waals surface area contributed by atoms with E-state index in [4.69, 9.17) is 0 Å². The zero-order valence-electron chi connectivity index (χ0n) is 6.92. The van der Waals surface area contributed by atoms with Gasteiger partial charge in [-0.05, 0) is 0 Å². The van der Waals surface area contributed by atoms with Gasteiger partial charge in [-0.25, -0.2) is 4.99 Å².